The molecule has 0 aromatic heterocycles. The van der Waals surface area contributed by atoms with Crippen LogP contribution in [0.25, 0.3) is 0 Å². The van der Waals surface area contributed by atoms with Crippen LogP contribution in [-0.4, -0.2) is 49.2 Å². The summed E-state index contributed by atoms with van der Waals surface area (Å²) in [5, 5.41) is 17.8. The van der Waals surface area contributed by atoms with E-state index < -0.39 is 10.0 Å². The Bertz CT molecular complexity index is 510. The SMILES string of the molecule is CCc1ccc(S(=O)(=O)N(CCO)CCO)cc1N. The quantitative estimate of drug-likeness (QED) is 0.603. The summed E-state index contributed by atoms with van der Waals surface area (Å²) in [6, 6.07) is 4.58. The molecule has 0 saturated carbocycles. The van der Waals surface area contributed by atoms with Gasteiger partial charge in [0.1, 0.15) is 0 Å². The second-order valence-electron chi connectivity index (χ2n) is 4.07. The van der Waals surface area contributed by atoms with Crippen molar-refractivity contribution in [1.82, 2.24) is 4.31 Å². The smallest absolute Gasteiger partial charge is 0.243 e. The lowest BCUT2D eigenvalue weighted by Crippen LogP contribution is -2.35. The number of rotatable bonds is 7. The molecule has 4 N–H and O–H groups in total. The number of nitrogens with two attached hydrogens (primary N) is 1. The Morgan fingerprint density at radius 1 is 1.21 bits per heavy atom. The van der Waals surface area contributed by atoms with E-state index in [1.54, 1.807) is 6.07 Å². The molecular formula is C12H20N2O4S. The summed E-state index contributed by atoms with van der Waals surface area (Å²) in [6.45, 7) is 1.21. The van der Waals surface area contributed by atoms with Crippen molar-refractivity contribution in [3.8, 4) is 0 Å². The molecule has 0 fully saturated rings. The van der Waals surface area contributed by atoms with Crippen LogP contribution in [0.4, 0.5) is 5.69 Å². The molecule has 0 radical (unpaired) electrons. The van der Waals surface area contributed by atoms with Gasteiger partial charge in [0.05, 0.1) is 18.1 Å². The second-order valence-corrected chi connectivity index (χ2v) is 6.00. The number of aryl methyl sites for hydroxylation is 1. The second kappa shape index (κ2) is 6.85. The standard InChI is InChI=1S/C12H20N2O4S/c1-2-10-3-4-11(9-12(10)13)19(17,18)14(5-7-15)6-8-16/h3-4,9,15-16H,2,5-8,13H2,1H3. The highest BCUT2D eigenvalue weighted by Crippen LogP contribution is 2.21. The number of benzene rings is 1. The molecule has 0 unspecified atom stereocenters. The molecule has 0 heterocycles. The van der Waals surface area contributed by atoms with Gasteiger partial charge < -0.3 is 15.9 Å². The molecule has 1 rings (SSSR count). The maximum Gasteiger partial charge on any atom is 0.243 e. The third-order valence-corrected chi connectivity index (χ3v) is 4.73. The molecule has 0 bridgehead atoms. The first-order valence-electron chi connectivity index (χ1n) is 6.07. The average Bonchev–Trinajstić information content (AvgIpc) is 2.38. The first kappa shape index (κ1) is 15.9. The predicted octanol–water partition coefficient (Wildman–Crippen LogP) is -0.194. The molecule has 19 heavy (non-hydrogen) atoms. The summed E-state index contributed by atoms with van der Waals surface area (Å²) in [5.41, 5.74) is 7.11. The van der Waals surface area contributed by atoms with Crippen LogP contribution in [0.15, 0.2) is 23.1 Å². The van der Waals surface area contributed by atoms with Gasteiger partial charge in [-0.15, -0.1) is 0 Å². The Morgan fingerprint density at radius 2 is 1.79 bits per heavy atom. The topological polar surface area (TPSA) is 104 Å². The van der Waals surface area contributed by atoms with Gasteiger partial charge >= 0.3 is 0 Å². The van der Waals surface area contributed by atoms with Crippen molar-refractivity contribution in [3.63, 3.8) is 0 Å². The Kier molecular flexibility index (Phi) is 5.74. The van der Waals surface area contributed by atoms with Crippen LogP contribution < -0.4 is 5.73 Å². The first-order chi connectivity index (χ1) is 8.97. The molecule has 1 aromatic rings. The summed E-state index contributed by atoms with van der Waals surface area (Å²) in [6.07, 6.45) is 0.725. The van der Waals surface area contributed by atoms with Crippen molar-refractivity contribution >= 4 is 15.7 Å². The van der Waals surface area contributed by atoms with Gasteiger partial charge in [-0.2, -0.15) is 4.31 Å². The summed E-state index contributed by atoms with van der Waals surface area (Å²) in [7, 11) is -3.74. The van der Waals surface area contributed by atoms with Crippen LogP contribution in [0, 0.1) is 0 Å². The van der Waals surface area contributed by atoms with Gasteiger partial charge in [-0.1, -0.05) is 13.0 Å². The Labute approximate surface area is 113 Å². The van der Waals surface area contributed by atoms with E-state index in [0.29, 0.717) is 5.69 Å². The van der Waals surface area contributed by atoms with Crippen molar-refractivity contribution in [1.29, 1.82) is 0 Å². The van der Waals surface area contributed by atoms with Gasteiger partial charge in [0.15, 0.2) is 0 Å². The van der Waals surface area contributed by atoms with E-state index in [4.69, 9.17) is 15.9 Å². The molecule has 0 aliphatic carbocycles. The number of sulfonamides is 1. The number of nitrogens with zero attached hydrogens (tertiary/aromatic N) is 1. The maximum atomic E-state index is 12.3. The van der Waals surface area contributed by atoms with Crippen molar-refractivity contribution < 1.29 is 18.6 Å². The third kappa shape index (κ3) is 3.66. The number of hydrogen-bond acceptors (Lipinski definition) is 5. The number of aliphatic hydroxyl groups is 2. The summed E-state index contributed by atoms with van der Waals surface area (Å²) < 4.78 is 25.7. The number of anilines is 1. The van der Waals surface area contributed by atoms with E-state index in [1.165, 1.54) is 12.1 Å². The molecule has 108 valence electrons. The first-order valence-corrected chi connectivity index (χ1v) is 7.51. The maximum absolute atomic E-state index is 12.3. The van der Waals surface area contributed by atoms with Crippen LogP contribution in [0.5, 0.6) is 0 Å². The Balaban J connectivity index is 3.14. The number of nitrogen functional groups attached to an aromatic ring is 1. The fourth-order valence-corrected chi connectivity index (χ4v) is 3.24. The third-order valence-electron chi connectivity index (χ3n) is 2.83. The lowest BCUT2D eigenvalue weighted by molar-refractivity contribution is 0.217. The minimum atomic E-state index is -3.74. The Morgan fingerprint density at radius 3 is 2.21 bits per heavy atom. The molecule has 7 heteroatoms. The lowest BCUT2D eigenvalue weighted by atomic mass is 10.1. The van der Waals surface area contributed by atoms with Crippen LogP contribution in [0.1, 0.15) is 12.5 Å². The summed E-state index contributed by atoms with van der Waals surface area (Å²) in [4.78, 5) is 0.0732. The average molecular weight is 288 g/mol. The molecular weight excluding hydrogens is 268 g/mol. The zero-order chi connectivity index (χ0) is 14.5. The van der Waals surface area contributed by atoms with E-state index >= 15 is 0 Å². The van der Waals surface area contributed by atoms with E-state index in [9.17, 15) is 8.42 Å². The predicted molar refractivity (Wildman–Crippen MR) is 73.2 cm³/mol. The van der Waals surface area contributed by atoms with Crippen LogP contribution in [0.2, 0.25) is 0 Å². The molecule has 0 aliphatic heterocycles. The highest BCUT2D eigenvalue weighted by Gasteiger charge is 2.24. The van der Waals surface area contributed by atoms with E-state index in [2.05, 4.69) is 0 Å². The molecule has 0 amide bonds. The molecule has 0 spiro atoms. The largest absolute Gasteiger partial charge is 0.398 e. The monoisotopic (exact) mass is 288 g/mol. The van der Waals surface area contributed by atoms with Crippen molar-refractivity contribution in [2.45, 2.75) is 18.2 Å². The van der Waals surface area contributed by atoms with Gasteiger partial charge in [0, 0.05) is 18.8 Å². The van der Waals surface area contributed by atoms with Gasteiger partial charge in [-0.25, -0.2) is 8.42 Å². The van der Waals surface area contributed by atoms with Crippen LogP contribution in [-0.2, 0) is 16.4 Å². The highest BCUT2D eigenvalue weighted by molar-refractivity contribution is 7.89. The van der Waals surface area contributed by atoms with Crippen molar-refractivity contribution in [2.24, 2.45) is 0 Å². The van der Waals surface area contributed by atoms with E-state index in [1.807, 2.05) is 6.92 Å². The number of aliphatic hydroxyl groups excluding tert-OH is 2. The minimum absolute atomic E-state index is 0.0572. The van der Waals surface area contributed by atoms with Crippen molar-refractivity contribution in [2.75, 3.05) is 32.0 Å². The van der Waals surface area contributed by atoms with Gasteiger partial charge in [-0.3, -0.25) is 0 Å². The zero-order valence-electron chi connectivity index (χ0n) is 10.9. The molecule has 6 nitrogen and oxygen atoms in total. The van der Waals surface area contributed by atoms with Gasteiger partial charge in [0.25, 0.3) is 0 Å². The summed E-state index contributed by atoms with van der Waals surface area (Å²) >= 11 is 0. The fourth-order valence-electron chi connectivity index (χ4n) is 1.78. The van der Waals surface area contributed by atoms with Crippen LogP contribution in [0.3, 0.4) is 0 Å². The zero-order valence-corrected chi connectivity index (χ0v) is 11.7. The summed E-state index contributed by atoms with van der Waals surface area (Å²) in [5.74, 6) is 0. The minimum Gasteiger partial charge on any atom is -0.398 e. The lowest BCUT2D eigenvalue weighted by Gasteiger charge is -2.20. The Hall–Kier alpha value is -1.15. The number of hydrogen-bond donors (Lipinski definition) is 3. The normalized spacial score (nSPS) is 12.0. The molecule has 1 aromatic carbocycles. The molecule has 0 saturated heterocycles. The molecule has 0 aliphatic rings. The van der Waals surface area contributed by atoms with Gasteiger partial charge in [-0.05, 0) is 24.1 Å². The van der Waals surface area contributed by atoms with E-state index in [0.717, 1.165) is 16.3 Å². The van der Waals surface area contributed by atoms with E-state index in [-0.39, 0.29) is 31.2 Å². The molecule has 0 atom stereocenters. The highest BCUT2D eigenvalue weighted by atomic mass is 32.2. The fraction of sp³-hybridized carbons (Fsp3) is 0.500. The van der Waals surface area contributed by atoms with Crippen molar-refractivity contribution in [3.05, 3.63) is 23.8 Å². The van der Waals surface area contributed by atoms with Crippen LogP contribution >= 0.6 is 0 Å². The van der Waals surface area contributed by atoms with Gasteiger partial charge in [0.2, 0.25) is 10.0 Å².